The second kappa shape index (κ2) is 11.3. The second-order valence-electron chi connectivity index (χ2n) is 11.8. The molecule has 0 aliphatic carbocycles. The summed E-state index contributed by atoms with van der Waals surface area (Å²) in [6.07, 6.45) is -0.481. The van der Waals surface area contributed by atoms with E-state index in [9.17, 15) is 0 Å². The Hall–Kier alpha value is -6.26. The van der Waals surface area contributed by atoms with E-state index in [1.165, 1.54) is 16.5 Å². The van der Waals surface area contributed by atoms with Gasteiger partial charge in [0.05, 0.1) is 0 Å². The number of hydrogen-bond donors (Lipinski definition) is 1. The highest BCUT2D eigenvalue weighted by Crippen LogP contribution is 2.41. The number of aliphatic imine (C=N–C) groups is 2. The molecular formula is C43H29N3O. The van der Waals surface area contributed by atoms with Crippen molar-refractivity contribution in [3.63, 3.8) is 0 Å². The lowest BCUT2D eigenvalue weighted by atomic mass is 9.97. The van der Waals surface area contributed by atoms with Gasteiger partial charge < -0.3 is 9.73 Å². The van der Waals surface area contributed by atoms with Gasteiger partial charge in [-0.05, 0) is 45.7 Å². The average Bonchev–Trinajstić information content (AvgIpc) is 3.55. The van der Waals surface area contributed by atoms with Gasteiger partial charge in [-0.25, -0.2) is 9.98 Å². The molecule has 47 heavy (non-hydrogen) atoms. The Morgan fingerprint density at radius 3 is 1.77 bits per heavy atom. The molecule has 0 radical (unpaired) electrons. The molecule has 1 unspecified atom stereocenters. The minimum absolute atomic E-state index is 0.481. The van der Waals surface area contributed by atoms with Crippen LogP contribution >= 0.6 is 0 Å². The molecule has 1 atom stereocenters. The minimum atomic E-state index is -0.481. The number of para-hydroxylation sites is 1. The van der Waals surface area contributed by atoms with Gasteiger partial charge in [-0.1, -0.05) is 146 Å². The summed E-state index contributed by atoms with van der Waals surface area (Å²) in [5.41, 5.74) is 9.29. The first-order valence-electron chi connectivity index (χ1n) is 15.9. The Balaban J connectivity index is 1.21. The molecule has 1 aliphatic rings. The first-order chi connectivity index (χ1) is 23.3. The van der Waals surface area contributed by atoms with Gasteiger partial charge in [0.1, 0.15) is 22.8 Å². The minimum Gasteiger partial charge on any atom is -0.455 e. The van der Waals surface area contributed by atoms with Crippen molar-refractivity contribution in [3.05, 3.63) is 180 Å². The van der Waals surface area contributed by atoms with Gasteiger partial charge in [0.25, 0.3) is 0 Å². The Morgan fingerprint density at radius 1 is 0.468 bits per heavy atom. The number of furan rings is 1. The zero-order valence-electron chi connectivity index (χ0n) is 25.5. The van der Waals surface area contributed by atoms with Gasteiger partial charge >= 0.3 is 0 Å². The van der Waals surface area contributed by atoms with Crippen molar-refractivity contribution < 1.29 is 4.42 Å². The van der Waals surface area contributed by atoms with E-state index in [0.717, 1.165) is 66.8 Å². The van der Waals surface area contributed by atoms with Crippen LogP contribution in [0.1, 0.15) is 22.9 Å². The monoisotopic (exact) mass is 603 g/mol. The molecule has 0 saturated heterocycles. The Bertz CT molecular complexity index is 2480. The first kappa shape index (κ1) is 27.1. The Morgan fingerprint density at radius 2 is 1.04 bits per heavy atom. The number of amidine groups is 2. The smallest absolute Gasteiger partial charge is 0.170 e. The van der Waals surface area contributed by atoms with Crippen molar-refractivity contribution >= 4 is 44.4 Å². The van der Waals surface area contributed by atoms with E-state index in [0.29, 0.717) is 0 Å². The standard InChI is InChI=1S/C43H29N3O/c1-4-12-28(13-5-1)31-20-21-33-27-34(23-22-32(33)26-31)42-44-41(30-16-8-3-9-17-30)45-43(46-42)37-25-24-35(29-14-6-2-7-15-29)40-39(37)36-18-10-11-19-38(36)47-40/h1-27,43H,(H,44,45,46). The second-order valence-corrected chi connectivity index (χ2v) is 11.8. The number of nitrogens with zero attached hydrogens (tertiary/aromatic N) is 2. The van der Waals surface area contributed by atoms with E-state index in [-0.39, 0.29) is 0 Å². The maximum Gasteiger partial charge on any atom is 0.170 e. The number of benzene rings is 7. The van der Waals surface area contributed by atoms with Crippen LogP contribution in [0.15, 0.2) is 178 Å². The predicted molar refractivity (Wildman–Crippen MR) is 194 cm³/mol. The third-order valence-electron chi connectivity index (χ3n) is 8.93. The highest BCUT2D eigenvalue weighted by molar-refractivity contribution is 6.17. The number of hydrogen-bond acceptors (Lipinski definition) is 4. The van der Waals surface area contributed by atoms with Gasteiger partial charge in [-0.2, -0.15) is 0 Å². The molecule has 9 rings (SSSR count). The van der Waals surface area contributed by atoms with Crippen LogP contribution in [0.4, 0.5) is 0 Å². The Kier molecular flexibility index (Phi) is 6.50. The van der Waals surface area contributed by atoms with E-state index in [4.69, 9.17) is 14.4 Å². The molecule has 2 heterocycles. The van der Waals surface area contributed by atoms with Crippen molar-refractivity contribution in [2.75, 3.05) is 0 Å². The summed E-state index contributed by atoms with van der Waals surface area (Å²) in [5, 5.41) is 8.02. The molecule has 0 fully saturated rings. The fourth-order valence-corrected chi connectivity index (χ4v) is 6.60. The van der Waals surface area contributed by atoms with Crippen molar-refractivity contribution in [1.82, 2.24) is 5.32 Å². The van der Waals surface area contributed by atoms with Crippen LogP contribution in [0.3, 0.4) is 0 Å². The highest BCUT2D eigenvalue weighted by atomic mass is 16.3. The summed E-state index contributed by atoms with van der Waals surface area (Å²) in [5.74, 6) is 1.57. The topological polar surface area (TPSA) is 49.9 Å². The third-order valence-corrected chi connectivity index (χ3v) is 8.93. The third kappa shape index (κ3) is 4.88. The van der Waals surface area contributed by atoms with Crippen molar-refractivity contribution in [2.24, 2.45) is 9.98 Å². The molecule has 7 aromatic carbocycles. The molecule has 1 aliphatic heterocycles. The van der Waals surface area contributed by atoms with Crippen molar-refractivity contribution in [2.45, 2.75) is 6.17 Å². The highest BCUT2D eigenvalue weighted by Gasteiger charge is 2.25. The summed E-state index contributed by atoms with van der Waals surface area (Å²) in [4.78, 5) is 10.5. The lowest BCUT2D eigenvalue weighted by Crippen LogP contribution is -2.36. The van der Waals surface area contributed by atoms with Crippen LogP contribution < -0.4 is 5.32 Å². The lowest BCUT2D eigenvalue weighted by Gasteiger charge is -2.23. The van der Waals surface area contributed by atoms with E-state index >= 15 is 0 Å². The summed E-state index contributed by atoms with van der Waals surface area (Å²) in [7, 11) is 0. The van der Waals surface area contributed by atoms with Gasteiger partial charge in [0.2, 0.25) is 0 Å². The zero-order chi connectivity index (χ0) is 31.2. The van der Waals surface area contributed by atoms with Crippen molar-refractivity contribution in [1.29, 1.82) is 0 Å². The summed E-state index contributed by atoms with van der Waals surface area (Å²) in [6, 6.07) is 56.9. The van der Waals surface area contributed by atoms with Gasteiger partial charge in [0.15, 0.2) is 6.17 Å². The van der Waals surface area contributed by atoms with E-state index < -0.39 is 6.17 Å². The van der Waals surface area contributed by atoms with Gasteiger partial charge in [-0.3, -0.25) is 0 Å². The van der Waals surface area contributed by atoms with E-state index in [1.54, 1.807) is 0 Å². The molecular weight excluding hydrogens is 574 g/mol. The largest absolute Gasteiger partial charge is 0.455 e. The van der Waals surface area contributed by atoms with Crippen LogP contribution in [-0.4, -0.2) is 11.7 Å². The maximum atomic E-state index is 6.57. The van der Waals surface area contributed by atoms with Gasteiger partial charge in [-0.15, -0.1) is 0 Å². The normalized spacial score (nSPS) is 14.6. The molecule has 0 saturated carbocycles. The van der Waals surface area contributed by atoms with Gasteiger partial charge in [0, 0.05) is 33.0 Å². The fourth-order valence-electron chi connectivity index (χ4n) is 6.60. The first-order valence-corrected chi connectivity index (χ1v) is 15.9. The van der Waals surface area contributed by atoms with E-state index in [2.05, 4.69) is 127 Å². The SMILES string of the molecule is c1ccc(C2=NC(c3ccc(-c4ccccc4)c4oc5ccccc5c34)N=C(c3ccc4cc(-c5ccccc5)ccc4c3)N2)cc1. The summed E-state index contributed by atoms with van der Waals surface area (Å²) >= 11 is 0. The molecule has 0 spiro atoms. The molecule has 222 valence electrons. The van der Waals surface area contributed by atoms with E-state index in [1.807, 2.05) is 42.5 Å². The maximum absolute atomic E-state index is 6.57. The number of rotatable bonds is 5. The number of fused-ring (bicyclic) bond motifs is 4. The zero-order valence-corrected chi connectivity index (χ0v) is 25.5. The molecule has 4 nitrogen and oxygen atoms in total. The molecule has 1 N–H and O–H groups in total. The molecule has 1 aromatic heterocycles. The van der Waals surface area contributed by atoms with Crippen LogP contribution in [0.25, 0.3) is 55.0 Å². The molecule has 0 bridgehead atoms. The molecule has 8 aromatic rings. The average molecular weight is 604 g/mol. The molecule has 0 amide bonds. The predicted octanol–water partition coefficient (Wildman–Crippen LogP) is 10.6. The van der Waals surface area contributed by atoms with Crippen LogP contribution in [0, 0.1) is 0 Å². The van der Waals surface area contributed by atoms with Crippen LogP contribution in [-0.2, 0) is 0 Å². The molecule has 4 heteroatoms. The fraction of sp³-hybridized carbons (Fsp3) is 0.0233. The lowest BCUT2D eigenvalue weighted by molar-refractivity contribution is 0.668. The quantitative estimate of drug-likeness (QED) is 0.213. The van der Waals surface area contributed by atoms with Crippen molar-refractivity contribution in [3.8, 4) is 22.3 Å². The van der Waals surface area contributed by atoms with Crippen LogP contribution in [0.5, 0.6) is 0 Å². The summed E-state index contributed by atoms with van der Waals surface area (Å²) in [6.45, 7) is 0. The van der Waals surface area contributed by atoms with Crippen LogP contribution in [0.2, 0.25) is 0 Å². The Labute approximate surface area is 272 Å². The summed E-state index contributed by atoms with van der Waals surface area (Å²) < 4.78 is 6.57. The number of nitrogens with one attached hydrogen (secondary N) is 1.